The molecule has 25 heavy (non-hydrogen) atoms. The van der Waals surface area contributed by atoms with Crippen molar-refractivity contribution in [2.75, 3.05) is 19.8 Å². The summed E-state index contributed by atoms with van der Waals surface area (Å²) >= 11 is 0. The van der Waals surface area contributed by atoms with Gasteiger partial charge < -0.3 is 14.7 Å². The van der Waals surface area contributed by atoms with Gasteiger partial charge in [-0.25, -0.2) is 0 Å². The minimum atomic E-state index is -0.854. The van der Waals surface area contributed by atoms with E-state index in [1.54, 1.807) is 0 Å². The second kappa shape index (κ2) is 8.48. The van der Waals surface area contributed by atoms with Crippen molar-refractivity contribution in [3.63, 3.8) is 0 Å². The Morgan fingerprint density at radius 3 is 2.68 bits per heavy atom. The second-order valence-electron chi connectivity index (χ2n) is 7.07. The number of benzene rings is 1. The third-order valence-electron chi connectivity index (χ3n) is 5.43. The zero-order valence-electron chi connectivity index (χ0n) is 14.7. The Morgan fingerprint density at radius 2 is 1.92 bits per heavy atom. The molecule has 1 heterocycles. The molecule has 5 nitrogen and oxygen atoms in total. The molecule has 0 aromatic heterocycles. The molecular formula is C20H27NO4. The maximum absolute atomic E-state index is 13.0. The monoisotopic (exact) mass is 345 g/mol. The highest BCUT2D eigenvalue weighted by atomic mass is 16.5. The standard InChI is InChI=1S/C20H27NO4/c22-19(14-16-6-3-5-15-4-1-2-7-18(15)16)21(11-8-20(23)24)17-9-12-25-13-10-17/h1-2,4,7,16-17H,3,5-6,8-14H2,(H,23,24). The fourth-order valence-corrected chi connectivity index (χ4v) is 4.12. The van der Waals surface area contributed by atoms with E-state index in [0.717, 1.165) is 32.1 Å². The van der Waals surface area contributed by atoms with Crippen molar-refractivity contribution in [3.05, 3.63) is 35.4 Å². The van der Waals surface area contributed by atoms with Crippen LogP contribution in [0.1, 0.15) is 55.6 Å². The summed E-state index contributed by atoms with van der Waals surface area (Å²) in [6.07, 6.45) is 5.31. The summed E-state index contributed by atoms with van der Waals surface area (Å²) in [5, 5.41) is 9.03. The highest BCUT2D eigenvalue weighted by Crippen LogP contribution is 2.34. The quantitative estimate of drug-likeness (QED) is 0.861. The van der Waals surface area contributed by atoms with Crippen LogP contribution in [0.15, 0.2) is 24.3 Å². The van der Waals surface area contributed by atoms with E-state index in [1.807, 2.05) is 11.0 Å². The lowest BCUT2D eigenvalue weighted by Gasteiger charge is -2.35. The lowest BCUT2D eigenvalue weighted by atomic mass is 9.81. The molecule has 1 saturated heterocycles. The van der Waals surface area contributed by atoms with Gasteiger partial charge in [-0.05, 0) is 49.1 Å². The van der Waals surface area contributed by atoms with Crippen molar-refractivity contribution < 1.29 is 19.4 Å². The molecule has 1 amide bonds. The molecule has 0 bridgehead atoms. The van der Waals surface area contributed by atoms with Gasteiger partial charge in [0.1, 0.15) is 0 Å². The van der Waals surface area contributed by atoms with E-state index in [0.29, 0.717) is 26.2 Å². The first-order valence-electron chi connectivity index (χ1n) is 9.32. The number of carboxylic acids is 1. The van der Waals surface area contributed by atoms with Gasteiger partial charge in [-0.3, -0.25) is 9.59 Å². The molecule has 1 fully saturated rings. The molecule has 0 radical (unpaired) electrons. The SMILES string of the molecule is O=C(O)CCN(C(=O)CC1CCCc2ccccc21)C1CCOCC1. The lowest BCUT2D eigenvalue weighted by Crippen LogP contribution is -2.45. The van der Waals surface area contributed by atoms with Crippen LogP contribution in [-0.4, -0.2) is 47.7 Å². The predicted molar refractivity (Wildman–Crippen MR) is 94.5 cm³/mol. The number of ether oxygens (including phenoxy) is 1. The van der Waals surface area contributed by atoms with E-state index < -0.39 is 5.97 Å². The molecule has 1 aliphatic carbocycles. The Morgan fingerprint density at radius 1 is 1.16 bits per heavy atom. The van der Waals surface area contributed by atoms with Crippen LogP contribution in [0.4, 0.5) is 0 Å². The molecule has 3 rings (SSSR count). The van der Waals surface area contributed by atoms with Gasteiger partial charge in [0.05, 0.1) is 6.42 Å². The first-order chi connectivity index (χ1) is 12.1. The van der Waals surface area contributed by atoms with E-state index in [-0.39, 0.29) is 24.3 Å². The molecule has 1 aliphatic heterocycles. The summed E-state index contributed by atoms with van der Waals surface area (Å²) in [7, 11) is 0. The van der Waals surface area contributed by atoms with Crippen LogP contribution in [0.2, 0.25) is 0 Å². The fraction of sp³-hybridized carbons (Fsp3) is 0.600. The predicted octanol–water partition coefficient (Wildman–Crippen LogP) is 2.98. The van der Waals surface area contributed by atoms with Gasteiger partial charge in [0.25, 0.3) is 0 Å². The van der Waals surface area contributed by atoms with E-state index in [4.69, 9.17) is 9.84 Å². The van der Waals surface area contributed by atoms with Crippen molar-refractivity contribution >= 4 is 11.9 Å². The van der Waals surface area contributed by atoms with Crippen molar-refractivity contribution in [1.29, 1.82) is 0 Å². The van der Waals surface area contributed by atoms with Gasteiger partial charge in [0.15, 0.2) is 0 Å². The highest BCUT2D eigenvalue weighted by molar-refractivity contribution is 5.78. The van der Waals surface area contributed by atoms with E-state index in [1.165, 1.54) is 11.1 Å². The second-order valence-corrected chi connectivity index (χ2v) is 7.07. The number of nitrogens with zero attached hydrogens (tertiary/aromatic N) is 1. The number of carbonyl (C=O) groups excluding carboxylic acids is 1. The van der Waals surface area contributed by atoms with Crippen LogP contribution in [-0.2, 0) is 20.7 Å². The molecule has 2 aliphatic rings. The molecule has 1 atom stereocenters. The summed E-state index contributed by atoms with van der Waals surface area (Å²) in [5.41, 5.74) is 2.65. The zero-order valence-corrected chi connectivity index (χ0v) is 14.7. The van der Waals surface area contributed by atoms with Crippen molar-refractivity contribution in [2.24, 2.45) is 0 Å². The van der Waals surface area contributed by atoms with Gasteiger partial charge in [-0.1, -0.05) is 24.3 Å². The zero-order chi connectivity index (χ0) is 17.6. The molecule has 0 spiro atoms. The summed E-state index contributed by atoms with van der Waals surface area (Å²) < 4.78 is 5.40. The van der Waals surface area contributed by atoms with Crippen LogP contribution in [0.5, 0.6) is 0 Å². The molecule has 136 valence electrons. The number of fused-ring (bicyclic) bond motifs is 1. The summed E-state index contributed by atoms with van der Waals surface area (Å²) in [4.78, 5) is 25.8. The third-order valence-corrected chi connectivity index (χ3v) is 5.43. The van der Waals surface area contributed by atoms with Crippen LogP contribution in [0, 0.1) is 0 Å². The molecule has 5 heteroatoms. The Labute approximate surface area is 149 Å². The van der Waals surface area contributed by atoms with Crippen molar-refractivity contribution in [3.8, 4) is 0 Å². The Balaban J connectivity index is 1.70. The Hall–Kier alpha value is -1.88. The number of amides is 1. The van der Waals surface area contributed by atoms with Gasteiger partial charge in [0, 0.05) is 32.2 Å². The highest BCUT2D eigenvalue weighted by Gasteiger charge is 2.29. The minimum Gasteiger partial charge on any atom is -0.481 e. The number of carbonyl (C=O) groups is 2. The smallest absolute Gasteiger partial charge is 0.305 e. The van der Waals surface area contributed by atoms with Crippen LogP contribution >= 0.6 is 0 Å². The van der Waals surface area contributed by atoms with Gasteiger partial charge in [-0.15, -0.1) is 0 Å². The average molecular weight is 345 g/mol. The molecule has 1 unspecified atom stereocenters. The molecular weight excluding hydrogens is 318 g/mol. The van der Waals surface area contributed by atoms with Crippen LogP contribution in [0.25, 0.3) is 0 Å². The number of hydrogen-bond acceptors (Lipinski definition) is 3. The van der Waals surface area contributed by atoms with Crippen LogP contribution < -0.4 is 0 Å². The van der Waals surface area contributed by atoms with Gasteiger partial charge >= 0.3 is 5.97 Å². The maximum Gasteiger partial charge on any atom is 0.305 e. The normalized spacial score (nSPS) is 20.7. The molecule has 1 aromatic carbocycles. The molecule has 1 N–H and O–H groups in total. The van der Waals surface area contributed by atoms with Crippen molar-refractivity contribution in [2.45, 2.75) is 56.9 Å². The number of aliphatic carboxylic acids is 1. The van der Waals surface area contributed by atoms with Crippen molar-refractivity contribution in [1.82, 2.24) is 4.90 Å². The van der Waals surface area contributed by atoms with Gasteiger partial charge in [0.2, 0.25) is 5.91 Å². The van der Waals surface area contributed by atoms with Crippen LogP contribution in [0.3, 0.4) is 0 Å². The number of hydrogen-bond donors (Lipinski definition) is 1. The number of aryl methyl sites for hydroxylation is 1. The number of rotatable bonds is 6. The first kappa shape index (κ1) is 17.9. The lowest BCUT2D eigenvalue weighted by molar-refractivity contribution is -0.140. The summed E-state index contributed by atoms with van der Waals surface area (Å²) in [6, 6.07) is 8.51. The first-order valence-corrected chi connectivity index (χ1v) is 9.32. The topological polar surface area (TPSA) is 66.8 Å². The van der Waals surface area contributed by atoms with E-state index in [2.05, 4.69) is 18.2 Å². The van der Waals surface area contributed by atoms with Gasteiger partial charge in [-0.2, -0.15) is 0 Å². The fourth-order valence-electron chi connectivity index (χ4n) is 4.12. The summed E-state index contributed by atoms with van der Waals surface area (Å²) in [5.74, 6) is -0.507. The van der Waals surface area contributed by atoms with E-state index in [9.17, 15) is 9.59 Å². The minimum absolute atomic E-state index is 0.00432. The molecule has 0 saturated carbocycles. The average Bonchev–Trinajstić information content (AvgIpc) is 2.63. The largest absolute Gasteiger partial charge is 0.481 e. The number of carboxylic acid groups (broad SMARTS) is 1. The third kappa shape index (κ3) is 4.60. The maximum atomic E-state index is 13.0. The Bertz CT molecular complexity index is 609. The van der Waals surface area contributed by atoms with E-state index >= 15 is 0 Å². The molecule has 1 aromatic rings. The summed E-state index contributed by atoms with van der Waals surface area (Å²) in [6.45, 7) is 1.59. The Kier molecular flexibility index (Phi) is 6.08.